The van der Waals surface area contributed by atoms with Crippen molar-refractivity contribution in [2.45, 2.75) is 57.2 Å². The van der Waals surface area contributed by atoms with Crippen molar-refractivity contribution in [2.24, 2.45) is 5.92 Å². The lowest BCUT2D eigenvalue weighted by Gasteiger charge is -2.36. The van der Waals surface area contributed by atoms with E-state index in [4.69, 9.17) is 0 Å². The van der Waals surface area contributed by atoms with Gasteiger partial charge in [-0.2, -0.15) is 26.3 Å². The van der Waals surface area contributed by atoms with E-state index in [0.29, 0.717) is 12.3 Å². The summed E-state index contributed by atoms with van der Waals surface area (Å²) in [7, 11) is 0. The molecule has 1 N–H and O–H groups in total. The van der Waals surface area contributed by atoms with Gasteiger partial charge in [-0.1, -0.05) is 38.1 Å². The first kappa shape index (κ1) is 20.7. The van der Waals surface area contributed by atoms with Crippen LogP contribution in [0.5, 0.6) is 0 Å². The molecule has 1 nitrogen and oxygen atoms in total. The molecular formula is C16H19F7O. The molecule has 1 unspecified atom stereocenters. The molecule has 1 rings (SSSR count). The number of benzene rings is 1. The molecule has 0 fully saturated rings. The van der Waals surface area contributed by atoms with Crippen LogP contribution in [-0.2, 0) is 12.0 Å². The highest BCUT2D eigenvalue weighted by molar-refractivity contribution is 5.28. The zero-order valence-electron chi connectivity index (χ0n) is 13.4. The molecule has 0 aliphatic rings. The third-order valence-corrected chi connectivity index (χ3v) is 3.71. The average Bonchev–Trinajstić information content (AvgIpc) is 2.35. The largest absolute Gasteiger partial charge is 0.431 e. The lowest BCUT2D eigenvalue weighted by Crippen LogP contribution is -2.56. The third kappa shape index (κ3) is 4.40. The fourth-order valence-electron chi connectivity index (χ4n) is 2.41. The van der Waals surface area contributed by atoms with Gasteiger partial charge in [0.1, 0.15) is 0 Å². The Morgan fingerprint density at radius 3 is 1.62 bits per heavy atom. The van der Waals surface area contributed by atoms with Crippen molar-refractivity contribution in [3.63, 3.8) is 0 Å². The van der Waals surface area contributed by atoms with E-state index in [0.717, 1.165) is 12.5 Å². The predicted octanol–water partition coefficient (Wildman–Crippen LogP) is 5.32. The van der Waals surface area contributed by atoms with E-state index in [2.05, 4.69) is 0 Å². The maximum absolute atomic E-state index is 13.8. The smallest absolute Gasteiger partial charge is 0.385 e. The Labute approximate surface area is 135 Å². The molecule has 0 aromatic heterocycles. The van der Waals surface area contributed by atoms with Crippen LogP contribution < -0.4 is 0 Å². The standard InChI is InChI=1S/C16H19F7O/c1-10(2)8-11-4-6-12(7-5-11)13(3,24)9-14(17,15(18,19)20)16(21,22)23/h4-7,10,24H,8-9H2,1-3H3. The van der Waals surface area contributed by atoms with Gasteiger partial charge in [0.2, 0.25) is 0 Å². The van der Waals surface area contributed by atoms with Crippen LogP contribution in [0.3, 0.4) is 0 Å². The number of rotatable bonds is 5. The van der Waals surface area contributed by atoms with Crippen LogP contribution in [0.1, 0.15) is 38.3 Å². The molecule has 0 heterocycles. The Bertz CT molecular complexity index is 527. The number of halogens is 7. The molecule has 1 aromatic carbocycles. The Morgan fingerprint density at radius 1 is 0.875 bits per heavy atom. The molecule has 0 spiro atoms. The molecule has 0 aliphatic carbocycles. The summed E-state index contributed by atoms with van der Waals surface area (Å²) < 4.78 is 89.7. The fraction of sp³-hybridized carbons (Fsp3) is 0.625. The average molecular weight is 360 g/mol. The van der Waals surface area contributed by atoms with Crippen molar-refractivity contribution in [1.82, 2.24) is 0 Å². The van der Waals surface area contributed by atoms with Crippen LogP contribution in [0.4, 0.5) is 30.7 Å². The molecule has 8 heteroatoms. The van der Waals surface area contributed by atoms with Gasteiger partial charge in [0.15, 0.2) is 0 Å². The van der Waals surface area contributed by atoms with E-state index in [1.54, 1.807) is 0 Å². The maximum atomic E-state index is 13.8. The van der Waals surface area contributed by atoms with Crippen molar-refractivity contribution < 1.29 is 35.8 Å². The Kier molecular flexibility index (Phi) is 5.65. The van der Waals surface area contributed by atoms with Crippen LogP contribution in [0.2, 0.25) is 0 Å². The second-order valence-electron chi connectivity index (χ2n) is 6.54. The SMILES string of the molecule is CC(C)Cc1ccc(C(C)(O)CC(F)(C(F)(F)F)C(F)(F)F)cc1. The van der Waals surface area contributed by atoms with Gasteiger partial charge in [-0.05, 0) is 30.4 Å². The third-order valence-electron chi connectivity index (χ3n) is 3.71. The summed E-state index contributed by atoms with van der Waals surface area (Å²) in [4.78, 5) is 0. The molecule has 24 heavy (non-hydrogen) atoms. The molecular weight excluding hydrogens is 341 g/mol. The van der Waals surface area contributed by atoms with Crippen LogP contribution in [0, 0.1) is 5.92 Å². The van der Waals surface area contributed by atoms with Gasteiger partial charge in [-0.15, -0.1) is 0 Å². The molecule has 1 atom stereocenters. The number of alkyl halides is 7. The minimum atomic E-state index is -6.19. The first-order chi connectivity index (χ1) is 10.6. The highest BCUT2D eigenvalue weighted by Gasteiger charge is 2.73. The van der Waals surface area contributed by atoms with Gasteiger partial charge in [0.25, 0.3) is 0 Å². The van der Waals surface area contributed by atoms with Crippen molar-refractivity contribution in [1.29, 1.82) is 0 Å². The lowest BCUT2D eigenvalue weighted by molar-refractivity contribution is -0.352. The zero-order chi connectivity index (χ0) is 19.0. The fourth-order valence-corrected chi connectivity index (χ4v) is 2.41. The van der Waals surface area contributed by atoms with E-state index in [-0.39, 0.29) is 5.56 Å². The summed E-state index contributed by atoms with van der Waals surface area (Å²) in [5.41, 5.74) is -7.55. The van der Waals surface area contributed by atoms with Crippen LogP contribution in [0.25, 0.3) is 0 Å². The molecule has 0 radical (unpaired) electrons. The van der Waals surface area contributed by atoms with Gasteiger partial charge in [-0.25, -0.2) is 4.39 Å². The van der Waals surface area contributed by atoms with Gasteiger partial charge in [0, 0.05) is 6.42 Å². The van der Waals surface area contributed by atoms with Crippen molar-refractivity contribution in [3.05, 3.63) is 35.4 Å². The minimum absolute atomic E-state index is 0.217. The van der Waals surface area contributed by atoms with Gasteiger partial charge in [0.05, 0.1) is 5.60 Å². The molecule has 0 saturated heterocycles. The first-order valence-corrected chi connectivity index (χ1v) is 7.24. The first-order valence-electron chi connectivity index (χ1n) is 7.24. The Hall–Kier alpha value is -1.31. The Morgan fingerprint density at radius 2 is 1.29 bits per heavy atom. The van der Waals surface area contributed by atoms with E-state index in [1.807, 2.05) is 13.8 Å². The zero-order valence-corrected chi connectivity index (χ0v) is 13.4. The van der Waals surface area contributed by atoms with E-state index < -0.39 is 30.0 Å². The number of aliphatic hydroxyl groups is 1. The molecule has 138 valence electrons. The molecule has 0 bridgehead atoms. The summed E-state index contributed by atoms with van der Waals surface area (Å²) in [6, 6.07) is 5.41. The highest BCUT2D eigenvalue weighted by Crippen LogP contribution is 2.51. The maximum Gasteiger partial charge on any atom is 0.431 e. The van der Waals surface area contributed by atoms with Crippen LogP contribution in [0.15, 0.2) is 24.3 Å². The second-order valence-corrected chi connectivity index (χ2v) is 6.54. The highest BCUT2D eigenvalue weighted by atomic mass is 19.4. The van der Waals surface area contributed by atoms with Gasteiger partial charge in [-0.3, -0.25) is 0 Å². The van der Waals surface area contributed by atoms with Gasteiger partial charge >= 0.3 is 18.0 Å². The quantitative estimate of drug-likeness (QED) is 0.705. The summed E-state index contributed by atoms with van der Waals surface area (Å²) in [6.45, 7) is 4.61. The van der Waals surface area contributed by atoms with Gasteiger partial charge < -0.3 is 5.11 Å². The van der Waals surface area contributed by atoms with Crippen molar-refractivity contribution in [2.75, 3.05) is 0 Å². The van der Waals surface area contributed by atoms with Crippen molar-refractivity contribution >= 4 is 0 Å². The molecule has 0 saturated carbocycles. The number of hydrogen-bond donors (Lipinski definition) is 1. The summed E-state index contributed by atoms with van der Waals surface area (Å²) >= 11 is 0. The Balaban J connectivity index is 3.14. The van der Waals surface area contributed by atoms with E-state index in [1.165, 1.54) is 24.3 Å². The summed E-state index contributed by atoms with van der Waals surface area (Å²) in [5, 5.41) is 10.1. The van der Waals surface area contributed by atoms with Crippen LogP contribution >= 0.6 is 0 Å². The second kappa shape index (κ2) is 6.54. The summed E-state index contributed by atoms with van der Waals surface area (Å²) in [5.74, 6) is 0.297. The topological polar surface area (TPSA) is 20.2 Å². The predicted molar refractivity (Wildman–Crippen MR) is 75.1 cm³/mol. The monoisotopic (exact) mass is 360 g/mol. The van der Waals surface area contributed by atoms with Crippen molar-refractivity contribution in [3.8, 4) is 0 Å². The number of hydrogen-bond acceptors (Lipinski definition) is 1. The van der Waals surface area contributed by atoms with E-state index in [9.17, 15) is 35.8 Å². The lowest BCUT2D eigenvalue weighted by atomic mass is 9.83. The normalized spacial score (nSPS) is 16.3. The molecule has 0 aliphatic heterocycles. The molecule has 1 aromatic rings. The molecule has 0 amide bonds. The minimum Gasteiger partial charge on any atom is -0.385 e. The van der Waals surface area contributed by atoms with Crippen LogP contribution in [-0.4, -0.2) is 23.1 Å². The summed E-state index contributed by atoms with van der Waals surface area (Å²) in [6.07, 6.45) is -13.9. The van der Waals surface area contributed by atoms with E-state index >= 15 is 0 Å².